The van der Waals surface area contributed by atoms with E-state index >= 15 is 0 Å². The van der Waals surface area contributed by atoms with Gasteiger partial charge >= 0.3 is 7.82 Å². The average Bonchev–Trinajstić information content (AvgIpc) is 2.88. The van der Waals surface area contributed by atoms with Crippen molar-refractivity contribution in [2.24, 2.45) is 0 Å². The number of carbonyl (C=O) groups is 1. The SMILES string of the molecule is C\C=C/C=C(\C=C/C)COP(=O)(Oc1ccccc1)Oc1ccc(Cl)cc1C(=O)Nc1ccc(Cl)cc1. The number of benzene rings is 3. The highest BCUT2D eigenvalue weighted by molar-refractivity contribution is 7.49. The Balaban J connectivity index is 1.92. The third-order valence-electron chi connectivity index (χ3n) is 4.73. The summed E-state index contributed by atoms with van der Waals surface area (Å²) < 4.78 is 31.1. The minimum atomic E-state index is -4.28. The lowest BCUT2D eigenvalue weighted by atomic mass is 10.2. The summed E-state index contributed by atoms with van der Waals surface area (Å²) in [6.07, 6.45) is 9.17. The molecule has 192 valence electrons. The van der Waals surface area contributed by atoms with Crippen LogP contribution in [0.5, 0.6) is 11.5 Å². The number of phosphoric acid groups is 1. The molecule has 0 heterocycles. The maximum absolute atomic E-state index is 13.9. The van der Waals surface area contributed by atoms with E-state index < -0.39 is 13.7 Å². The number of para-hydroxylation sites is 1. The lowest BCUT2D eigenvalue weighted by Gasteiger charge is -2.21. The van der Waals surface area contributed by atoms with Gasteiger partial charge in [0.05, 0.1) is 12.2 Å². The summed E-state index contributed by atoms with van der Waals surface area (Å²) in [6.45, 7) is 3.67. The topological polar surface area (TPSA) is 73.9 Å². The highest BCUT2D eigenvalue weighted by atomic mass is 35.5. The zero-order valence-electron chi connectivity index (χ0n) is 20.3. The molecule has 0 saturated carbocycles. The monoisotopic (exact) mass is 557 g/mol. The molecular weight excluding hydrogens is 532 g/mol. The van der Waals surface area contributed by atoms with Crippen LogP contribution in [0.15, 0.2) is 109 Å². The lowest BCUT2D eigenvalue weighted by Crippen LogP contribution is -2.15. The summed E-state index contributed by atoms with van der Waals surface area (Å²) >= 11 is 12.1. The van der Waals surface area contributed by atoms with Crippen LogP contribution in [-0.2, 0) is 9.09 Å². The largest absolute Gasteiger partial charge is 0.587 e. The van der Waals surface area contributed by atoms with Crippen LogP contribution in [0.3, 0.4) is 0 Å². The van der Waals surface area contributed by atoms with Crippen LogP contribution in [-0.4, -0.2) is 12.5 Å². The molecule has 9 heteroatoms. The smallest absolute Gasteiger partial charge is 0.395 e. The molecule has 0 saturated heterocycles. The van der Waals surface area contributed by atoms with Crippen LogP contribution in [0.4, 0.5) is 5.69 Å². The van der Waals surface area contributed by atoms with E-state index in [1.54, 1.807) is 54.6 Å². The van der Waals surface area contributed by atoms with E-state index in [0.717, 1.165) is 5.57 Å². The summed E-state index contributed by atoms with van der Waals surface area (Å²) in [5.74, 6) is -0.286. The van der Waals surface area contributed by atoms with E-state index in [2.05, 4.69) is 5.32 Å². The zero-order chi connectivity index (χ0) is 26.7. The van der Waals surface area contributed by atoms with Crippen LogP contribution in [0, 0.1) is 0 Å². The maximum atomic E-state index is 13.9. The van der Waals surface area contributed by atoms with Gasteiger partial charge in [-0.25, -0.2) is 4.57 Å². The van der Waals surface area contributed by atoms with Crippen molar-refractivity contribution in [2.45, 2.75) is 13.8 Å². The Bertz CT molecular complexity index is 1340. The number of anilines is 1. The fourth-order valence-corrected chi connectivity index (χ4v) is 4.56. The zero-order valence-corrected chi connectivity index (χ0v) is 22.7. The van der Waals surface area contributed by atoms with Gasteiger partial charge in [0.2, 0.25) is 0 Å². The number of nitrogens with one attached hydrogen (secondary N) is 1. The number of hydrogen-bond donors (Lipinski definition) is 1. The Morgan fingerprint density at radius 1 is 0.919 bits per heavy atom. The molecule has 0 radical (unpaired) electrons. The molecule has 1 atom stereocenters. The standard InChI is InChI=1S/C28H26Cl2NO5P/c1-3-5-10-21(9-4-2)20-34-37(33,35-25-11-7-6-8-12-25)36-27-18-15-23(30)19-26(27)28(32)31-24-16-13-22(29)14-17-24/h3-19H,20H2,1-2H3,(H,31,32)/b5-3-,9-4-,21-10+. The first-order valence-electron chi connectivity index (χ1n) is 11.3. The molecule has 3 aromatic carbocycles. The van der Waals surface area contributed by atoms with Crippen molar-refractivity contribution in [2.75, 3.05) is 11.9 Å². The summed E-state index contributed by atoms with van der Waals surface area (Å²) in [7, 11) is -4.28. The fourth-order valence-electron chi connectivity index (χ4n) is 3.03. The summed E-state index contributed by atoms with van der Waals surface area (Å²) in [4.78, 5) is 13.1. The van der Waals surface area contributed by atoms with Gasteiger partial charge in [0.25, 0.3) is 5.91 Å². The molecule has 1 amide bonds. The molecule has 0 aliphatic heterocycles. The van der Waals surface area contributed by atoms with Gasteiger partial charge in [-0.2, -0.15) is 0 Å². The third kappa shape index (κ3) is 8.96. The molecule has 6 nitrogen and oxygen atoms in total. The average molecular weight is 558 g/mol. The van der Waals surface area contributed by atoms with Gasteiger partial charge < -0.3 is 14.4 Å². The second kappa shape index (κ2) is 13.9. The van der Waals surface area contributed by atoms with Crippen LogP contribution in [0.1, 0.15) is 24.2 Å². The highest BCUT2D eigenvalue weighted by Gasteiger charge is 2.33. The van der Waals surface area contributed by atoms with Crippen molar-refractivity contribution in [3.8, 4) is 11.5 Å². The highest BCUT2D eigenvalue weighted by Crippen LogP contribution is 2.51. The number of allylic oxidation sites excluding steroid dienone is 4. The summed E-state index contributed by atoms with van der Waals surface area (Å²) in [5, 5.41) is 3.56. The number of carbonyl (C=O) groups excluding carboxylic acids is 1. The molecule has 3 aromatic rings. The second-order valence-corrected chi connectivity index (χ2v) is 9.98. The van der Waals surface area contributed by atoms with Crippen molar-refractivity contribution in [1.29, 1.82) is 0 Å². The number of hydrogen-bond acceptors (Lipinski definition) is 5. The van der Waals surface area contributed by atoms with Crippen LogP contribution in [0.25, 0.3) is 0 Å². The first-order valence-corrected chi connectivity index (χ1v) is 13.5. The number of phosphoric ester groups is 1. The molecule has 0 spiro atoms. The maximum Gasteiger partial charge on any atom is 0.587 e. The van der Waals surface area contributed by atoms with Gasteiger partial charge in [-0.15, -0.1) is 0 Å². The Labute approximate surface area is 226 Å². The molecular formula is C28H26Cl2NO5P. The van der Waals surface area contributed by atoms with Crippen LogP contribution >= 0.6 is 31.0 Å². The normalized spacial score (nSPS) is 13.5. The third-order valence-corrected chi connectivity index (χ3v) is 6.52. The van der Waals surface area contributed by atoms with Gasteiger partial charge in [-0.05, 0) is 74.0 Å². The van der Waals surface area contributed by atoms with Gasteiger partial charge in [-0.3, -0.25) is 9.32 Å². The predicted molar refractivity (Wildman–Crippen MR) is 150 cm³/mol. The van der Waals surface area contributed by atoms with Crippen molar-refractivity contribution in [3.05, 3.63) is 124 Å². The van der Waals surface area contributed by atoms with Gasteiger partial charge in [-0.1, -0.05) is 71.8 Å². The van der Waals surface area contributed by atoms with Crippen LogP contribution in [0.2, 0.25) is 10.0 Å². The van der Waals surface area contributed by atoms with Crippen molar-refractivity contribution in [1.82, 2.24) is 0 Å². The molecule has 37 heavy (non-hydrogen) atoms. The van der Waals surface area contributed by atoms with E-state index in [0.29, 0.717) is 10.7 Å². The van der Waals surface area contributed by atoms with Gasteiger partial charge in [0, 0.05) is 15.7 Å². The van der Waals surface area contributed by atoms with Crippen molar-refractivity contribution in [3.63, 3.8) is 0 Å². The Kier molecular flexibility index (Phi) is 10.6. The molecule has 0 aliphatic rings. The lowest BCUT2D eigenvalue weighted by molar-refractivity contribution is 0.102. The molecule has 1 unspecified atom stereocenters. The predicted octanol–water partition coefficient (Wildman–Crippen LogP) is 8.91. The summed E-state index contributed by atoms with van der Waals surface area (Å²) in [6, 6.07) is 19.4. The fraction of sp³-hybridized carbons (Fsp3) is 0.107. The number of amides is 1. The minimum Gasteiger partial charge on any atom is -0.395 e. The Hall–Kier alpha value is -3.28. The number of halogens is 2. The molecule has 1 N–H and O–H groups in total. The molecule has 0 fully saturated rings. The molecule has 0 aromatic heterocycles. The van der Waals surface area contributed by atoms with Crippen LogP contribution < -0.4 is 14.4 Å². The second-order valence-electron chi connectivity index (χ2n) is 7.59. The van der Waals surface area contributed by atoms with Gasteiger partial charge in [0.15, 0.2) is 0 Å². The van der Waals surface area contributed by atoms with E-state index in [9.17, 15) is 9.36 Å². The molecule has 3 rings (SSSR count). The Morgan fingerprint density at radius 2 is 1.62 bits per heavy atom. The number of rotatable bonds is 11. The van der Waals surface area contributed by atoms with Crippen molar-refractivity contribution < 1.29 is 22.9 Å². The minimum absolute atomic E-state index is 0.0276. The quantitative estimate of drug-likeness (QED) is 0.188. The first-order chi connectivity index (χ1) is 17.8. The summed E-state index contributed by atoms with van der Waals surface area (Å²) in [5.41, 5.74) is 1.28. The van der Waals surface area contributed by atoms with E-state index in [1.165, 1.54) is 18.2 Å². The van der Waals surface area contributed by atoms with E-state index in [4.69, 9.17) is 36.8 Å². The first kappa shape index (κ1) is 28.3. The van der Waals surface area contributed by atoms with E-state index in [-0.39, 0.29) is 28.7 Å². The van der Waals surface area contributed by atoms with E-state index in [1.807, 2.05) is 44.2 Å². The Morgan fingerprint density at radius 3 is 2.30 bits per heavy atom. The van der Waals surface area contributed by atoms with Gasteiger partial charge in [0.1, 0.15) is 11.5 Å². The van der Waals surface area contributed by atoms with Crippen molar-refractivity contribution >= 4 is 42.6 Å². The molecule has 0 aliphatic carbocycles. The molecule has 0 bridgehead atoms.